The molecule has 18 heavy (non-hydrogen) atoms. The molecule has 4 nitrogen and oxygen atoms in total. The van der Waals surface area contributed by atoms with Crippen LogP contribution < -0.4 is 10.1 Å². The molecular weight excluding hydrogens is 230 g/mol. The van der Waals surface area contributed by atoms with E-state index in [0.717, 1.165) is 30.7 Å². The van der Waals surface area contributed by atoms with Gasteiger partial charge in [-0.1, -0.05) is 6.07 Å². The third-order valence-corrected chi connectivity index (χ3v) is 3.53. The lowest BCUT2D eigenvalue weighted by Crippen LogP contribution is -2.37. The molecule has 1 aliphatic carbocycles. The highest BCUT2D eigenvalue weighted by Crippen LogP contribution is 2.38. The molecule has 1 unspecified atom stereocenters. The predicted octanol–water partition coefficient (Wildman–Crippen LogP) is 1.06. The lowest BCUT2D eigenvalue weighted by molar-refractivity contribution is 0.0370. The highest BCUT2D eigenvalue weighted by Gasteiger charge is 2.36. The van der Waals surface area contributed by atoms with Gasteiger partial charge in [-0.2, -0.15) is 0 Å². The Morgan fingerprint density at radius 1 is 1.39 bits per heavy atom. The third-order valence-electron chi connectivity index (χ3n) is 3.53. The Morgan fingerprint density at radius 2 is 2.22 bits per heavy atom. The van der Waals surface area contributed by atoms with Gasteiger partial charge in [0.15, 0.2) is 0 Å². The van der Waals surface area contributed by atoms with E-state index in [1.54, 1.807) is 14.2 Å². The van der Waals surface area contributed by atoms with Crippen LogP contribution >= 0.6 is 0 Å². The van der Waals surface area contributed by atoms with Gasteiger partial charge in [-0.3, -0.25) is 0 Å². The Kier molecular flexibility index (Phi) is 4.22. The maximum absolute atomic E-state index is 10.7. The maximum Gasteiger partial charge on any atom is 0.119 e. The Balaban J connectivity index is 2.08. The molecule has 2 rings (SSSR count). The molecular formula is C14H21NO3. The number of hydrogen-bond acceptors (Lipinski definition) is 4. The summed E-state index contributed by atoms with van der Waals surface area (Å²) >= 11 is 0. The second-order valence-electron chi connectivity index (χ2n) is 4.72. The van der Waals surface area contributed by atoms with Crippen LogP contribution in [0.25, 0.3) is 0 Å². The summed E-state index contributed by atoms with van der Waals surface area (Å²) in [6, 6.07) is 5.94. The van der Waals surface area contributed by atoms with E-state index >= 15 is 0 Å². The zero-order valence-electron chi connectivity index (χ0n) is 11.0. The van der Waals surface area contributed by atoms with Gasteiger partial charge in [0.25, 0.3) is 0 Å². The first kappa shape index (κ1) is 13.3. The highest BCUT2D eigenvalue weighted by atomic mass is 16.5. The van der Waals surface area contributed by atoms with Crippen molar-refractivity contribution in [3.63, 3.8) is 0 Å². The molecule has 0 aromatic heterocycles. The van der Waals surface area contributed by atoms with Crippen molar-refractivity contribution in [3.05, 3.63) is 29.3 Å². The molecule has 0 aliphatic heterocycles. The molecule has 0 spiro atoms. The van der Waals surface area contributed by atoms with E-state index in [-0.39, 0.29) is 0 Å². The minimum Gasteiger partial charge on any atom is -0.497 e. The summed E-state index contributed by atoms with van der Waals surface area (Å²) in [6.07, 6.45) is 1.68. The van der Waals surface area contributed by atoms with Crippen molar-refractivity contribution in [3.8, 4) is 5.75 Å². The molecule has 0 heterocycles. The average Bonchev–Trinajstić information content (AvgIpc) is 2.72. The molecule has 1 aromatic carbocycles. The number of fused-ring (bicyclic) bond motifs is 1. The van der Waals surface area contributed by atoms with Crippen molar-refractivity contribution in [2.75, 3.05) is 33.9 Å². The van der Waals surface area contributed by atoms with Crippen LogP contribution in [0.3, 0.4) is 0 Å². The first-order chi connectivity index (χ1) is 8.69. The number of rotatable bonds is 6. The van der Waals surface area contributed by atoms with E-state index in [4.69, 9.17) is 9.47 Å². The molecule has 4 heteroatoms. The molecule has 1 atom stereocenters. The number of hydrogen-bond donors (Lipinski definition) is 2. The van der Waals surface area contributed by atoms with Gasteiger partial charge in [-0.05, 0) is 36.1 Å². The van der Waals surface area contributed by atoms with Crippen molar-refractivity contribution in [2.45, 2.75) is 18.4 Å². The topological polar surface area (TPSA) is 50.7 Å². The van der Waals surface area contributed by atoms with Crippen LogP contribution in [0.4, 0.5) is 0 Å². The summed E-state index contributed by atoms with van der Waals surface area (Å²) in [7, 11) is 3.32. The molecule has 0 bridgehead atoms. The van der Waals surface area contributed by atoms with Crippen LogP contribution in [0.2, 0.25) is 0 Å². The predicted molar refractivity (Wildman–Crippen MR) is 70.0 cm³/mol. The van der Waals surface area contributed by atoms with E-state index in [0.29, 0.717) is 13.2 Å². The monoisotopic (exact) mass is 251 g/mol. The fourth-order valence-electron chi connectivity index (χ4n) is 2.46. The van der Waals surface area contributed by atoms with Gasteiger partial charge in [0, 0.05) is 20.2 Å². The third kappa shape index (κ3) is 2.66. The Hall–Kier alpha value is -1.10. The van der Waals surface area contributed by atoms with Crippen molar-refractivity contribution < 1.29 is 14.6 Å². The number of aliphatic hydroxyl groups is 1. The summed E-state index contributed by atoms with van der Waals surface area (Å²) in [4.78, 5) is 0. The number of methoxy groups -OCH3 is 2. The number of ether oxygens (including phenoxy) is 2. The Bertz CT molecular complexity index is 408. The van der Waals surface area contributed by atoms with E-state index in [2.05, 4.69) is 5.32 Å². The van der Waals surface area contributed by atoms with Crippen LogP contribution in [0.5, 0.6) is 5.75 Å². The van der Waals surface area contributed by atoms with Crippen LogP contribution in [-0.4, -0.2) is 39.0 Å². The lowest BCUT2D eigenvalue weighted by atomic mass is 9.95. The molecule has 1 aliphatic rings. The number of aryl methyl sites for hydroxylation is 1. The molecule has 2 N–H and O–H groups in total. The molecule has 0 saturated carbocycles. The van der Waals surface area contributed by atoms with E-state index in [1.807, 2.05) is 18.2 Å². The average molecular weight is 251 g/mol. The van der Waals surface area contributed by atoms with Gasteiger partial charge in [0.05, 0.1) is 13.7 Å². The Labute approximate surface area is 108 Å². The summed E-state index contributed by atoms with van der Waals surface area (Å²) in [6.45, 7) is 1.95. The summed E-state index contributed by atoms with van der Waals surface area (Å²) in [5.41, 5.74) is 1.43. The van der Waals surface area contributed by atoms with E-state index in [1.165, 1.54) is 5.56 Å². The summed E-state index contributed by atoms with van der Waals surface area (Å²) < 4.78 is 10.2. The largest absolute Gasteiger partial charge is 0.497 e. The van der Waals surface area contributed by atoms with E-state index in [9.17, 15) is 5.11 Å². The summed E-state index contributed by atoms with van der Waals surface area (Å²) in [5.74, 6) is 0.797. The molecule has 0 amide bonds. The van der Waals surface area contributed by atoms with Crippen molar-refractivity contribution in [2.24, 2.45) is 0 Å². The lowest BCUT2D eigenvalue weighted by Gasteiger charge is -2.24. The Morgan fingerprint density at radius 3 is 2.94 bits per heavy atom. The fourth-order valence-corrected chi connectivity index (χ4v) is 2.46. The van der Waals surface area contributed by atoms with Gasteiger partial charge in [0.1, 0.15) is 11.4 Å². The van der Waals surface area contributed by atoms with Crippen LogP contribution in [0.15, 0.2) is 18.2 Å². The van der Waals surface area contributed by atoms with Crippen molar-refractivity contribution in [1.82, 2.24) is 5.32 Å². The van der Waals surface area contributed by atoms with Crippen molar-refractivity contribution in [1.29, 1.82) is 0 Å². The first-order valence-electron chi connectivity index (χ1n) is 6.29. The SMILES string of the molecule is COCCNCC1(O)CCc2ccc(OC)cc21. The molecule has 100 valence electrons. The summed E-state index contributed by atoms with van der Waals surface area (Å²) in [5, 5.41) is 13.9. The highest BCUT2D eigenvalue weighted by molar-refractivity contribution is 5.43. The minimum atomic E-state index is -0.780. The van der Waals surface area contributed by atoms with Gasteiger partial charge in [-0.25, -0.2) is 0 Å². The normalized spacial score (nSPS) is 21.9. The number of benzene rings is 1. The quantitative estimate of drug-likeness (QED) is 0.742. The second-order valence-corrected chi connectivity index (χ2v) is 4.72. The fraction of sp³-hybridized carbons (Fsp3) is 0.571. The second kappa shape index (κ2) is 5.69. The molecule has 0 saturated heterocycles. The van der Waals surface area contributed by atoms with Crippen molar-refractivity contribution >= 4 is 0 Å². The zero-order chi connectivity index (χ0) is 13.0. The first-order valence-corrected chi connectivity index (χ1v) is 6.29. The van der Waals surface area contributed by atoms with E-state index < -0.39 is 5.60 Å². The van der Waals surface area contributed by atoms with Crippen LogP contribution in [-0.2, 0) is 16.8 Å². The zero-order valence-corrected chi connectivity index (χ0v) is 11.0. The van der Waals surface area contributed by atoms with Gasteiger partial charge >= 0.3 is 0 Å². The number of nitrogens with one attached hydrogen (secondary N) is 1. The molecule has 0 fully saturated rings. The molecule has 1 aromatic rings. The molecule has 0 radical (unpaired) electrons. The maximum atomic E-state index is 10.7. The minimum absolute atomic E-state index is 0.552. The van der Waals surface area contributed by atoms with Gasteiger partial charge in [0.2, 0.25) is 0 Å². The van der Waals surface area contributed by atoms with Crippen LogP contribution in [0, 0.1) is 0 Å². The van der Waals surface area contributed by atoms with Crippen LogP contribution in [0.1, 0.15) is 17.5 Å². The van der Waals surface area contributed by atoms with Gasteiger partial charge < -0.3 is 19.9 Å². The smallest absolute Gasteiger partial charge is 0.119 e. The van der Waals surface area contributed by atoms with Gasteiger partial charge in [-0.15, -0.1) is 0 Å². The standard InChI is InChI=1S/C14H21NO3/c1-17-8-7-15-10-14(16)6-5-11-3-4-12(18-2)9-13(11)14/h3-4,9,15-16H,5-8,10H2,1-2H3.